The molecule has 6 nitrogen and oxygen atoms in total. The average Bonchev–Trinajstić information content (AvgIpc) is 2.36. The summed E-state index contributed by atoms with van der Waals surface area (Å²) in [5, 5.41) is 2.58. The van der Waals surface area contributed by atoms with Crippen LogP contribution in [0, 0.1) is 0 Å². The molecule has 0 atom stereocenters. The lowest BCUT2D eigenvalue weighted by atomic mass is 10.3. The summed E-state index contributed by atoms with van der Waals surface area (Å²) < 4.78 is 30.1. The van der Waals surface area contributed by atoms with Crippen molar-refractivity contribution in [2.75, 3.05) is 30.3 Å². The summed E-state index contributed by atoms with van der Waals surface area (Å²) >= 11 is 0. The lowest BCUT2D eigenvalue weighted by Crippen LogP contribution is -2.40. The topological polar surface area (TPSA) is 75.7 Å². The van der Waals surface area contributed by atoms with Crippen molar-refractivity contribution in [1.29, 1.82) is 0 Å². The number of ether oxygens (including phenoxy) is 1. The van der Waals surface area contributed by atoms with E-state index in [1.54, 1.807) is 31.2 Å². The molecule has 0 bridgehead atoms. The molecule has 0 spiro atoms. The van der Waals surface area contributed by atoms with Gasteiger partial charge < -0.3 is 10.1 Å². The highest BCUT2D eigenvalue weighted by Crippen LogP contribution is 2.23. The van der Waals surface area contributed by atoms with Crippen LogP contribution in [-0.4, -0.2) is 40.3 Å². The summed E-state index contributed by atoms with van der Waals surface area (Å²) in [6, 6.07) is 6.66. The zero-order valence-electron chi connectivity index (χ0n) is 11.9. The number of benzene rings is 1. The zero-order valence-corrected chi connectivity index (χ0v) is 12.7. The van der Waals surface area contributed by atoms with Crippen molar-refractivity contribution in [3.8, 4) is 5.75 Å². The quantitative estimate of drug-likeness (QED) is 0.814. The van der Waals surface area contributed by atoms with Gasteiger partial charge in [0.1, 0.15) is 12.3 Å². The molecule has 1 amide bonds. The zero-order chi connectivity index (χ0) is 15.2. The first kappa shape index (κ1) is 16.3. The van der Waals surface area contributed by atoms with Crippen LogP contribution in [0.15, 0.2) is 24.3 Å². The molecule has 0 aliphatic rings. The Bertz CT molecular complexity index is 557. The van der Waals surface area contributed by atoms with Crippen LogP contribution in [0.1, 0.15) is 13.8 Å². The number of amides is 1. The van der Waals surface area contributed by atoms with Gasteiger partial charge in [-0.15, -0.1) is 0 Å². The summed E-state index contributed by atoms with van der Waals surface area (Å²) in [6.07, 6.45) is 1.07. The number of carbonyl (C=O) groups excluding carboxylic acids is 1. The second kappa shape index (κ2) is 7.14. The van der Waals surface area contributed by atoms with Crippen molar-refractivity contribution in [2.24, 2.45) is 0 Å². The molecule has 0 heterocycles. The molecule has 1 N–H and O–H groups in total. The molecule has 7 heteroatoms. The smallest absolute Gasteiger partial charge is 0.240 e. The molecular weight excluding hydrogens is 280 g/mol. The van der Waals surface area contributed by atoms with Gasteiger partial charge in [-0.3, -0.25) is 9.10 Å². The molecule has 1 aromatic carbocycles. The van der Waals surface area contributed by atoms with Crippen LogP contribution in [-0.2, 0) is 14.8 Å². The third-order valence-electron chi connectivity index (χ3n) is 2.48. The van der Waals surface area contributed by atoms with Gasteiger partial charge >= 0.3 is 0 Å². The number of nitrogens with zero attached hydrogens (tertiary/aromatic N) is 1. The first-order chi connectivity index (χ1) is 9.38. The standard InChI is InChI=1S/C13H20N2O4S/c1-4-14-13(16)10-15(20(3,17)18)11-7-6-8-12(9-11)19-5-2/h6-9H,4-5,10H2,1-3H3,(H,14,16). The Morgan fingerprint density at radius 3 is 2.60 bits per heavy atom. The molecule has 0 aliphatic heterocycles. The van der Waals surface area contributed by atoms with E-state index in [-0.39, 0.29) is 12.5 Å². The van der Waals surface area contributed by atoms with Crippen LogP contribution in [0.5, 0.6) is 5.75 Å². The van der Waals surface area contributed by atoms with Crippen LogP contribution in [0.3, 0.4) is 0 Å². The van der Waals surface area contributed by atoms with E-state index in [1.807, 2.05) is 6.92 Å². The second-order valence-corrected chi connectivity index (χ2v) is 6.06. The van der Waals surface area contributed by atoms with Crippen molar-refractivity contribution in [1.82, 2.24) is 5.32 Å². The van der Waals surface area contributed by atoms with E-state index >= 15 is 0 Å². The Kier molecular flexibility index (Phi) is 5.82. The predicted molar refractivity (Wildman–Crippen MR) is 78.5 cm³/mol. The van der Waals surface area contributed by atoms with Gasteiger partial charge in [0.05, 0.1) is 18.6 Å². The first-order valence-corrected chi connectivity index (χ1v) is 8.20. The molecule has 0 aliphatic carbocycles. The minimum Gasteiger partial charge on any atom is -0.494 e. The highest BCUT2D eigenvalue weighted by molar-refractivity contribution is 7.92. The third kappa shape index (κ3) is 4.73. The lowest BCUT2D eigenvalue weighted by molar-refractivity contribution is -0.119. The molecule has 1 rings (SSSR count). The molecule has 112 valence electrons. The van der Waals surface area contributed by atoms with E-state index in [1.165, 1.54) is 0 Å². The van der Waals surface area contributed by atoms with Crippen molar-refractivity contribution < 1.29 is 17.9 Å². The molecule has 0 saturated heterocycles. The van der Waals surface area contributed by atoms with Crippen LogP contribution in [0.25, 0.3) is 0 Å². The number of anilines is 1. The molecule has 0 radical (unpaired) electrons. The number of hydrogen-bond acceptors (Lipinski definition) is 4. The summed E-state index contributed by atoms with van der Waals surface area (Å²) in [4.78, 5) is 11.6. The van der Waals surface area contributed by atoms with Gasteiger partial charge in [-0.05, 0) is 26.0 Å². The fourth-order valence-electron chi connectivity index (χ4n) is 1.68. The number of carbonyl (C=O) groups is 1. The van der Waals surface area contributed by atoms with Crippen molar-refractivity contribution in [2.45, 2.75) is 13.8 Å². The second-order valence-electron chi connectivity index (χ2n) is 4.15. The monoisotopic (exact) mass is 300 g/mol. The Morgan fingerprint density at radius 2 is 2.05 bits per heavy atom. The van der Waals surface area contributed by atoms with Crippen molar-refractivity contribution in [3.63, 3.8) is 0 Å². The maximum atomic E-state index is 11.8. The fourth-order valence-corrected chi connectivity index (χ4v) is 2.53. The molecule has 0 aromatic heterocycles. The van der Waals surface area contributed by atoms with E-state index < -0.39 is 10.0 Å². The van der Waals surface area contributed by atoms with Crippen LogP contribution in [0.2, 0.25) is 0 Å². The number of sulfonamides is 1. The highest BCUT2D eigenvalue weighted by Gasteiger charge is 2.20. The molecular formula is C13H20N2O4S. The maximum absolute atomic E-state index is 11.8. The van der Waals surface area contributed by atoms with Gasteiger partial charge in [0.25, 0.3) is 0 Å². The Labute approximate surface area is 119 Å². The van der Waals surface area contributed by atoms with Gasteiger partial charge in [-0.2, -0.15) is 0 Å². The Balaban J connectivity index is 3.05. The summed E-state index contributed by atoms with van der Waals surface area (Å²) in [7, 11) is -3.55. The summed E-state index contributed by atoms with van der Waals surface area (Å²) in [6.45, 7) is 4.31. The van der Waals surface area contributed by atoms with Gasteiger partial charge in [0.15, 0.2) is 0 Å². The largest absolute Gasteiger partial charge is 0.494 e. The van der Waals surface area contributed by atoms with E-state index in [2.05, 4.69) is 5.32 Å². The van der Waals surface area contributed by atoms with Gasteiger partial charge in [-0.25, -0.2) is 8.42 Å². The fraction of sp³-hybridized carbons (Fsp3) is 0.462. The van der Waals surface area contributed by atoms with Gasteiger partial charge in [0.2, 0.25) is 15.9 Å². The van der Waals surface area contributed by atoms with E-state index in [9.17, 15) is 13.2 Å². The van der Waals surface area contributed by atoms with Crippen LogP contribution < -0.4 is 14.4 Å². The highest BCUT2D eigenvalue weighted by atomic mass is 32.2. The summed E-state index contributed by atoms with van der Waals surface area (Å²) in [5.41, 5.74) is 0.407. The third-order valence-corrected chi connectivity index (χ3v) is 3.62. The normalized spacial score (nSPS) is 10.9. The molecule has 0 unspecified atom stereocenters. The number of hydrogen-bond donors (Lipinski definition) is 1. The number of rotatable bonds is 7. The van der Waals surface area contributed by atoms with E-state index in [0.717, 1.165) is 10.6 Å². The van der Waals surface area contributed by atoms with E-state index in [0.29, 0.717) is 24.6 Å². The summed E-state index contributed by atoms with van der Waals surface area (Å²) in [5.74, 6) is 0.217. The maximum Gasteiger partial charge on any atom is 0.240 e. The SMILES string of the molecule is CCNC(=O)CN(c1cccc(OCC)c1)S(C)(=O)=O. The molecule has 0 saturated carbocycles. The minimum atomic E-state index is -3.55. The number of nitrogens with one attached hydrogen (secondary N) is 1. The Morgan fingerprint density at radius 1 is 1.35 bits per heavy atom. The average molecular weight is 300 g/mol. The first-order valence-electron chi connectivity index (χ1n) is 6.35. The molecule has 1 aromatic rings. The molecule has 0 fully saturated rings. The van der Waals surface area contributed by atoms with Gasteiger partial charge in [-0.1, -0.05) is 6.07 Å². The molecule has 20 heavy (non-hydrogen) atoms. The lowest BCUT2D eigenvalue weighted by Gasteiger charge is -2.22. The number of likely N-dealkylation sites (N-methyl/N-ethyl adjacent to an activating group) is 1. The van der Waals surface area contributed by atoms with Crippen molar-refractivity contribution in [3.05, 3.63) is 24.3 Å². The van der Waals surface area contributed by atoms with Crippen LogP contribution >= 0.6 is 0 Å². The van der Waals surface area contributed by atoms with Gasteiger partial charge in [0, 0.05) is 12.6 Å². The van der Waals surface area contributed by atoms with E-state index in [4.69, 9.17) is 4.74 Å². The van der Waals surface area contributed by atoms with Crippen molar-refractivity contribution >= 4 is 21.6 Å². The minimum absolute atomic E-state index is 0.248. The van der Waals surface area contributed by atoms with Crippen LogP contribution in [0.4, 0.5) is 5.69 Å². The Hall–Kier alpha value is -1.76. The predicted octanol–water partition coefficient (Wildman–Crippen LogP) is 0.987.